The van der Waals surface area contributed by atoms with Crippen molar-refractivity contribution in [3.05, 3.63) is 78.6 Å². The number of aromatic nitrogens is 6. The fraction of sp³-hybridized carbons (Fsp3) is 0.250. The van der Waals surface area contributed by atoms with Gasteiger partial charge in [-0.1, -0.05) is 12.1 Å². The Balaban J connectivity index is 1.17. The highest BCUT2D eigenvalue weighted by Crippen LogP contribution is 2.32. The molecule has 2 N–H and O–H groups in total. The topological polar surface area (TPSA) is 158 Å². The summed E-state index contributed by atoms with van der Waals surface area (Å²) in [7, 11) is 0. The number of hydrogen-bond donors (Lipinski definition) is 2. The van der Waals surface area contributed by atoms with Crippen LogP contribution >= 0.6 is 0 Å². The maximum absolute atomic E-state index is 12.4. The Kier molecular flexibility index (Phi) is 7.90. The molecule has 3 aromatic heterocycles. The first kappa shape index (κ1) is 29.4. The fourth-order valence-electron chi connectivity index (χ4n) is 4.88. The average molecular weight is 606 g/mol. The Bertz CT molecular complexity index is 1990. The number of rotatable bonds is 5. The maximum atomic E-state index is 12.4. The Morgan fingerprint density at radius 2 is 1.89 bits per heavy atom. The molecule has 1 aliphatic carbocycles. The van der Waals surface area contributed by atoms with Crippen molar-refractivity contribution in [1.82, 2.24) is 34.9 Å². The van der Waals surface area contributed by atoms with Gasteiger partial charge in [-0.2, -0.15) is 0 Å². The number of allylic oxidation sites excluding steroid dienone is 2. The molecule has 2 aromatic carbocycles. The zero-order valence-electron chi connectivity index (χ0n) is 25.2. The lowest BCUT2D eigenvalue weighted by atomic mass is 9.91. The van der Waals surface area contributed by atoms with Gasteiger partial charge in [-0.25, -0.2) is 34.9 Å². The zero-order chi connectivity index (χ0) is 31.6. The third kappa shape index (κ3) is 7.09. The normalized spacial score (nSPS) is 14.3. The van der Waals surface area contributed by atoms with E-state index in [0.29, 0.717) is 41.6 Å². The summed E-state index contributed by atoms with van der Waals surface area (Å²) in [6.07, 6.45) is 7.84. The van der Waals surface area contributed by atoms with E-state index >= 15 is 0 Å². The molecule has 3 heterocycles. The van der Waals surface area contributed by atoms with Crippen molar-refractivity contribution in [3.8, 4) is 11.6 Å². The highest BCUT2D eigenvalue weighted by atomic mass is 16.6. The summed E-state index contributed by atoms with van der Waals surface area (Å²) >= 11 is 0. The Hall–Kier alpha value is -5.72. The molecule has 45 heavy (non-hydrogen) atoms. The van der Waals surface area contributed by atoms with Gasteiger partial charge in [0.2, 0.25) is 5.88 Å². The molecule has 1 aliphatic rings. The van der Waals surface area contributed by atoms with Gasteiger partial charge >= 0.3 is 12.1 Å². The average Bonchev–Trinajstić information content (AvgIpc) is 3.46. The van der Waals surface area contributed by atoms with E-state index in [0.717, 1.165) is 39.7 Å². The predicted molar refractivity (Wildman–Crippen MR) is 169 cm³/mol. The van der Waals surface area contributed by atoms with E-state index in [1.807, 2.05) is 43.3 Å². The van der Waals surface area contributed by atoms with Crippen LogP contribution in [-0.4, -0.2) is 53.0 Å². The summed E-state index contributed by atoms with van der Waals surface area (Å²) in [5.41, 5.74) is 5.12. The Labute approximate surface area is 258 Å². The molecule has 228 valence electrons. The van der Waals surface area contributed by atoms with Gasteiger partial charge in [-0.3, -0.25) is 4.40 Å². The number of benzene rings is 2. The second kappa shape index (κ2) is 12.1. The van der Waals surface area contributed by atoms with E-state index < -0.39 is 17.7 Å². The highest BCUT2D eigenvalue weighted by molar-refractivity contribution is 6.05. The molecule has 0 saturated heterocycles. The van der Waals surface area contributed by atoms with Gasteiger partial charge in [0, 0.05) is 29.3 Å². The minimum atomic E-state index is -0.822. The van der Waals surface area contributed by atoms with E-state index in [1.54, 1.807) is 43.9 Å². The number of ether oxygens (including phenoxy) is 2. The number of urea groups is 1. The number of carbonyl (C=O) groups excluding carboxylic acids is 2. The smallest absolute Gasteiger partial charge is 0.415 e. The lowest BCUT2D eigenvalue weighted by molar-refractivity contribution is 0.0550. The second-order valence-corrected chi connectivity index (χ2v) is 11.5. The molecule has 0 radical (unpaired) electrons. The van der Waals surface area contributed by atoms with Crippen molar-refractivity contribution in [1.29, 1.82) is 0 Å². The van der Waals surface area contributed by atoms with Gasteiger partial charge in [0.15, 0.2) is 5.65 Å². The summed E-state index contributed by atoms with van der Waals surface area (Å²) in [6.45, 7) is 7.13. The van der Waals surface area contributed by atoms with Crippen LogP contribution in [0.2, 0.25) is 0 Å². The van der Waals surface area contributed by atoms with E-state index in [2.05, 4.69) is 46.9 Å². The van der Waals surface area contributed by atoms with E-state index in [9.17, 15) is 9.59 Å². The SMILES string of the molecule is Cc1cc(Nc2ncnc3ccc(C4=CCC/C(=N/C(=O)NC(=O)OC(C)(C)C)C4)cc23)ccc1Oc1cc2nncn2cn1. The molecule has 6 rings (SSSR count). The summed E-state index contributed by atoms with van der Waals surface area (Å²) in [5, 5.41) is 14.3. The van der Waals surface area contributed by atoms with Crippen molar-refractivity contribution in [2.24, 2.45) is 4.99 Å². The van der Waals surface area contributed by atoms with Crippen LogP contribution in [-0.2, 0) is 4.74 Å². The fourth-order valence-corrected chi connectivity index (χ4v) is 4.88. The van der Waals surface area contributed by atoms with Crippen LogP contribution in [0.3, 0.4) is 0 Å². The molecule has 3 amide bonds. The number of nitrogens with zero attached hydrogens (tertiary/aromatic N) is 7. The Morgan fingerprint density at radius 3 is 2.71 bits per heavy atom. The zero-order valence-corrected chi connectivity index (χ0v) is 25.2. The predicted octanol–water partition coefficient (Wildman–Crippen LogP) is 6.56. The number of nitrogens with one attached hydrogen (secondary N) is 2. The monoisotopic (exact) mass is 605 g/mol. The summed E-state index contributed by atoms with van der Waals surface area (Å²) in [6, 6.07) is 12.7. The van der Waals surface area contributed by atoms with E-state index in [1.165, 1.54) is 6.33 Å². The molecule has 0 fully saturated rings. The summed E-state index contributed by atoms with van der Waals surface area (Å²) in [5.74, 6) is 1.73. The summed E-state index contributed by atoms with van der Waals surface area (Å²) in [4.78, 5) is 41.7. The maximum Gasteiger partial charge on any atom is 0.415 e. The van der Waals surface area contributed by atoms with Crippen molar-refractivity contribution < 1.29 is 19.1 Å². The highest BCUT2D eigenvalue weighted by Gasteiger charge is 2.20. The van der Waals surface area contributed by atoms with Gasteiger partial charge in [0.25, 0.3) is 0 Å². The third-order valence-corrected chi connectivity index (χ3v) is 6.91. The molecule has 0 bridgehead atoms. The standard InChI is InChI=1S/C32H31N9O4/c1-19-12-23(9-11-26(19)44-28-15-27-40-36-18-41(27)17-35-28)37-29-24-14-21(8-10-25(24)33-16-34-29)20-6-5-7-22(13-20)38-30(42)39-31(43)45-32(2,3)4/h6,8-12,14-18H,5,7,13H2,1-4H3,(H,33,34,37)(H,39,42,43)/b38-22-. The minimum absolute atomic E-state index is 0.419. The second-order valence-electron chi connectivity index (χ2n) is 11.5. The first-order chi connectivity index (χ1) is 21.6. The largest absolute Gasteiger partial charge is 0.443 e. The van der Waals surface area contributed by atoms with E-state index in [-0.39, 0.29) is 0 Å². The van der Waals surface area contributed by atoms with Crippen molar-refractivity contribution >= 4 is 51.5 Å². The molecule has 5 aromatic rings. The van der Waals surface area contributed by atoms with Gasteiger partial charge < -0.3 is 14.8 Å². The molecule has 0 saturated carbocycles. The molecular weight excluding hydrogens is 574 g/mol. The molecule has 0 aliphatic heterocycles. The van der Waals surface area contributed by atoms with Gasteiger partial charge in [0.1, 0.15) is 36.2 Å². The molecule has 0 spiro atoms. The first-order valence-electron chi connectivity index (χ1n) is 14.4. The van der Waals surface area contributed by atoms with Gasteiger partial charge in [0.05, 0.1) is 5.52 Å². The minimum Gasteiger partial charge on any atom is -0.443 e. The Morgan fingerprint density at radius 1 is 1.02 bits per heavy atom. The number of aliphatic imine (C=N–C) groups is 1. The number of aryl methyl sites for hydroxylation is 1. The third-order valence-electron chi connectivity index (χ3n) is 6.91. The summed E-state index contributed by atoms with van der Waals surface area (Å²) < 4.78 is 12.9. The van der Waals surface area contributed by atoms with Gasteiger partial charge in [-0.15, -0.1) is 10.2 Å². The number of carbonyl (C=O) groups is 2. The van der Waals surface area contributed by atoms with Crippen molar-refractivity contribution in [2.75, 3.05) is 5.32 Å². The number of hydrogen-bond acceptors (Lipinski definition) is 10. The van der Waals surface area contributed by atoms with Crippen LogP contribution < -0.4 is 15.4 Å². The number of imide groups is 1. The van der Waals surface area contributed by atoms with Gasteiger partial charge in [-0.05, 0) is 87.6 Å². The van der Waals surface area contributed by atoms with Crippen LogP contribution in [0.4, 0.5) is 21.1 Å². The number of amides is 3. The van der Waals surface area contributed by atoms with Crippen LogP contribution in [0.15, 0.2) is 72.5 Å². The van der Waals surface area contributed by atoms with Crippen LogP contribution in [0.25, 0.3) is 22.1 Å². The van der Waals surface area contributed by atoms with E-state index in [4.69, 9.17) is 9.47 Å². The van der Waals surface area contributed by atoms with Crippen LogP contribution in [0.5, 0.6) is 11.6 Å². The number of alkyl carbamates (subject to hydrolysis) is 1. The molecule has 0 unspecified atom stereocenters. The lowest BCUT2D eigenvalue weighted by Crippen LogP contribution is -2.35. The number of anilines is 2. The van der Waals surface area contributed by atoms with Crippen molar-refractivity contribution in [3.63, 3.8) is 0 Å². The first-order valence-corrected chi connectivity index (χ1v) is 14.4. The molecular formula is C32H31N9O4. The quantitative estimate of drug-likeness (QED) is 0.225. The van der Waals surface area contributed by atoms with Crippen molar-refractivity contribution in [2.45, 2.75) is 52.6 Å². The molecule has 0 atom stereocenters. The van der Waals surface area contributed by atoms with Crippen LogP contribution in [0, 0.1) is 6.92 Å². The molecule has 13 nitrogen and oxygen atoms in total. The molecule has 13 heteroatoms. The number of fused-ring (bicyclic) bond motifs is 2. The van der Waals surface area contributed by atoms with Crippen LogP contribution in [0.1, 0.15) is 51.2 Å². The lowest BCUT2D eigenvalue weighted by Gasteiger charge is -2.19.